The second-order valence-corrected chi connectivity index (χ2v) is 6.84. The highest BCUT2D eigenvalue weighted by atomic mass is 16.6. The van der Waals surface area contributed by atoms with Gasteiger partial charge in [0.15, 0.2) is 0 Å². The predicted octanol–water partition coefficient (Wildman–Crippen LogP) is 4.21. The Hall–Kier alpha value is -5.80. The summed E-state index contributed by atoms with van der Waals surface area (Å²) < 4.78 is 0. The van der Waals surface area contributed by atoms with Crippen molar-refractivity contribution in [2.45, 2.75) is 0 Å². The lowest BCUT2D eigenvalue weighted by molar-refractivity contribution is -0.393. The molecule has 0 atom stereocenters. The Morgan fingerprint density at radius 3 is 1.36 bits per heavy atom. The van der Waals surface area contributed by atoms with E-state index < -0.39 is 42.4 Å². The Morgan fingerprint density at radius 2 is 1.00 bits per heavy atom. The van der Waals surface area contributed by atoms with Crippen LogP contribution in [-0.2, 0) is 0 Å². The number of rotatable bonds is 10. The van der Waals surface area contributed by atoms with Crippen molar-refractivity contribution < 1.29 is 19.7 Å². The van der Waals surface area contributed by atoms with Crippen LogP contribution in [0.25, 0.3) is 0 Å². The van der Waals surface area contributed by atoms with E-state index in [9.17, 15) is 40.5 Å². The summed E-state index contributed by atoms with van der Waals surface area (Å²) in [5, 5.41) is 51.8. The summed E-state index contributed by atoms with van der Waals surface area (Å²) in [6.45, 7) is 0. The van der Waals surface area contributed by atoms with E-state index in [1.165, 1.54) is 24.6 Å². The van der Waals surface area contributed by atoms with E-state index in [-0.39, 0.29) is 11.4 Å². The maximum absolute atomic E-state index is 11.2. The van der Waals surface area contributed by atoms with Crippen LogP contribution in [0.2, 0.25) is 0 Å². The van der Waals surface area contributed by atoms with E-state index in [0.29, 0.717) is 11.1 Å². The van der Waals surface area contributed by atoms with Gasteiger partial charge in [0, 0.05) is 12.1 Å². The van der Waals surface area contributed by atoms with Crippen LogP contribution in [0.1, 0.15) is 11.1 Å². The lowest BCUT2D eigenvalue weighted by Gasteiger charge is -2.03. The molecule has 182 valence electrons. The molecule has 16 nitrogen and oxygen atoms in total. The first-order chi connectivity index (χ1) is 17.2. The Balaban J connectivity index is 1.71. The summed E-state index contributed by atoms with van der Waals surface area (Å²) in [7, 11) is 0. The van der Waals surface area contributed by atoms with Gasteiger partial charge in [-0.2, -0.15) is 10.2 Å². The van der Waals surface area contributed by atoms with Gasteiger partial charge in [0.05, 0.1) is 44.3 Å². The van der Waals surface area contributed by atoms with Gasteiger partial charge in [0.2, 0.25) is 0 Å². The number of hydrazone groups is 2. The summed E-state index contributed by atoms with van der Waals surface area (Å²) in [6, 6.07) is 12.8. The van der Waals surface area contributed by atoms with Crippen molar-refractivity contribution in [3.8, 4) is 0 Å². The lowest BCUT2D eigenvalue weighted by atomic mass is 10.1. The molecular weight excluding hydrogens is 480 g/mol. The SMILES string of the molecule is O=[N+]([O-])c1ccc(NN=Cc2cccc(C=NNc3ccc([N+](=O)[O-])cc3[N+](=O)[O-])c2)c([N+](=O)[O-])c1. The molecule has 0 aliphatic carbocycles. The smallest absolute Gasteiger partial charge is 0.272 e. The van der Waals surface area contributed by atoms with Gasteiger partial charge >= 0.3 is 11.4 Å². The zero-order valence-electron chi connectivity index (χ0n) is 17.9. The molecule has 0 radical (unpaired) electrons. The number of anilines is 2. The van der Waals surface area contributed by atoms with Crippen LogP contribution in [0.5, 0.6) is 0 Å². The van der Waals surface area contributed by atoms with E-state index in [4.69, 9.17) is 0 Å². The highest BCUT2D eigenvalue weighted by Crippen LogP contribution is 2.30. The molecule has 0 saturated heterocycles. The number of nitrogens with one attached hydrogen (secondary N) is 2. The van der Waals surface area contributed by atoms with Gasteiger partial charge in [0.1, 0.15) is 11.4 Å². The molecule has 0 aliphatic heterocycles. The molecule has 0 aliphatic rings. The van der Waals surface area contributed by atoms with Crippen LogP contribution in [0.3, 0.4) is 0 Å². The molecule has 2 N–H and O–H groups in total. The van der Waals surface area contributed by atoms with Gasteiger partial charge in [-0.15, -0.1) is 0 Å². The van der Waals surface area contributed by atoms with Crippen LogP contribution in [-0.4, -0.2) is 32.1 Å². The van der Waals surface area contributed by atoms with Crippen molar-refractivity contribution in [1.82, 2.24) is 0 Å². The monoisotopic (exact) mass is 494 g/mol. The summed E-state index contributed by atoms with van der Waals surface area (Å²) in [4.78, 5) is 41.0. The Morgan fingerprint density at radius 1 is 0.583 bits per heavy atom. The molecule has 0 saturated carbocycles. The molecule has 3 aromatic rings. The molecular formula is C20H14N8O8. The molecule has 0 fully saturated rings. The third-order valence-corrected chi connectivity index (χ3v) is 4.49. The van der Waals surface area contributed by atoms with E-state index in [1.54, 1.807) is 24.3 Å². The van der Waals surface area contributed by atoms with Crippen molar-refractivity contribution in [2.24, 2.45) is 10.2 Å². The molecule has 0 amide bonds. The fourth-order valence-corrected chi connectivity index (χ4v) is 2.83. The second kappa shape index (κ2) is 10.9. The van der Waals surface area contributed by atoms with E-state index in [1.807, 2.05) is 0 Å². The van der Waals surface area contributed by atoms with Crippen LogP contribution >= 0.6 is 0 Å². The van der Waals surface area contributed by atoms with E-state index in [0.717, 1.165) is 24.3 Å². The van der Waals surface area contributed by atoms with Crippen LogP contribution in [0, 0.1) is 40.5 Å². The third-order valence-electron chi connectivity index (χ3n) is 4.49. The number of benzene rings is 3. The number of hydrogen-bond donors (Lipinski definition) is 2. The quantitative estimate of drug-likeness (QED) is 0.232. The molecule has 0 bridgehead atoms. The van der Waals surface area contributed by atoms with E-state index >= 15 is 0 Å². The van der Waals surface area contributed by atoms with Crippen molar-refractivity contribution in [3.05, 3.63) is 112 Å². The Bertz CT molecular complexity index is 1320. The van der Waals surface area contributed by atoms with Crippen LogP contribution in [0.4, 0.5) is 34.1 Å². The largest absolute Gasteiger partial charge is 0.301 e. The summed E-state index contributed by atoms with van der Waals surface area (Å²) >= 11 is 0. The standard InChI is InChI=1S/C20H14N8O8/c29-25(30)15-4-6-17(19(9-15)27(33)34)23-21-11-13-2-1-3-14(8-13)12-22-24-18-7-5-16(26(31)32)10-20(18)28(35)36/h1-12,23-24H. The molecule has 0 spiro atoms. The van der Waals surface area contributed by atoms with Gasteiger partial charge in [0.25, 0.3) is 11.4 Å². The number of nitro groups is 4. The fraction of sp³-hybridized carbons (Fsp3) is 0. The maximum atomic E-state index is 11.2. The summed E-state index contributed by atoms with van der Waals surface area (Å²) in [5.41, 5.74) is 4.04. The van der Waals surface area contributed by atoms with Gasteiger partial charge in [-0.1, -0.05) is 18.2 Å². The molecule has 36 heavy (non-hydrogen) atoms. The predicted molar refractivity (Wildman–Crippen MR) is 128 cm³/mol. The molecule has 16 heteroatoms. The first-order valence-corrected chi connectivity index (χ1v) is 9.69. The molecule has 3 aromatic carbocycles. The van der Waals surface area contributed by atoms with Crippen molar-refractivity contribution in [1.29, 1.82) is 0 Å². The minimum Gasteiger partial charge on any atom is -0.272 e. The Labute approximate surface area is 200 Å². The first-order valence-electron chi connectivity index (χ1n) is 9.69. The topological polar surface area (TPSA) is 221 Å². The van der Waals surface area contributed by atoms with Crippen LogP contribution in [0.15, 0.2) is 70.9 Å². The summed E-state index contributed by atoms with van der Waals surface area (Å²) in [6.07, 6.45) is 2.69. The normalized spacial score (nSPS) is 10.9. The number of nitro benzene ring substituents is 4. The average Bonchev–Trinajstić information content (AvgIpc) is 2.84. The third kappa shape index (κ3) is 6.16. The summed E-state index contributed by atoms with van der Waals surface area (Å²) in [5.74, 6) is 0. The second-order valence-electron chi connectivity index (χ2n) is 6.84. The van der Waals surface area contributed by atoms with Gasteiger partial charge in [-0.3, -0.25) is 51.3 Å². The molecule has 0 unspecified atom stereocenters. The number of nitrogens with zero attached hydrogens (tertiary/aromatic N) is 6. The fourth-order valence-electron chi connectivity index (χ4n) is 2.83. The van der Waals surface area contributed by atoms with Gasteiger partial charge in [-0.25, -0.2) is 0 Å². The van der Waals surface area contributed by atoms with E-state index in [2.05, 4.69) is 21.1 Å². The van der Waals surface area contributed by atoms with Gasteiger partial charge in [-0.05, 0) is 29.3 Å². The van der Waals surface area contributed by atoms with Crippen molar-refractivity contribution in [2.75, 3.05) is 10.9 Å². The average molecular weight is 494 g/mol. The number of hydrogen-bond acceptors (Lipinski definition) is 12. The highest BCUT2D eigenvalue weighted by molar-refractivity contribution is 5.87. The minimum atomic E-state index is -0.774. The van der Waals surface area contributed by atoms with Gasteiger partial charge < -0.3 is 0 Å². The molecule has 0 heterocycles. The lowest BCUT2D eigenvalue weighted by Crippen LogP contribution is -1.99. The minimum absolute atomic E-state index is 0.0477. The Kier molecular flexibility index (Phi) is 7.51. The van der Waals surface area contributed by atoms with Crippen molar-refractivity contribution >= 4 is 46.6 Å². The van der Waals surface area contributed by atoms with Crippen molar-refractivity contribution in [3.63, 3.8) is 0 Å². The van der Waals surface area contributed by atoms with Crippen LogP contribution < -0.4 is 10.9 Å². The maximum Gasteiger partial charge on any atom is 0.301 e. The zero-order valence-corrected chi connectivity index (χ0v) is 17.9. The number of non-ortho nitro benzene ring substituents is 2. The zero-order chi connectivity index (χ0) is 26.2. The highest BCUT2D eigenvalue weighted by Gasteiger charge is 2.20. The first kappa shape index (κ1) is 24.8. The molecule has 3 rings (SSSR count). The molecule has 0 aromatic heterocycles.